The lowest BCUT2D eigenvalue weighted by molar-refractivity contribution is -0.120. The number of fused-ring (bicyclic) bond motifs is 2. The molecule has 2 heteroatoms. The Morgan fingerprint density at radius 1 is 0.700 bits per heavy atom. The van der Waals surface area contributed by atoms with E-state index in [-0.39, 0.29) is 46.1 Å². The second kappa shape index (κ2) is 7.04. The smallest absolute Gasteiger partial charge is 0.189 e. The Hall–Kier alpha value is -2.48. The van der Waals surface area contributed by atoms with E-state index in [1.165, 1.54) is 0 Å². The van der Waals surface area contributed by atoms with Crippen LogP contribution in [0.5, 0.6) is 0 Å². The minimum Gasteiger partial charge on any atom is -0.294 e. The van der Waals surface area contributed by atoms with Crippen molar-refractivity contribution in [3.8, 4) is 0 Å². The van der Waals surface area contributed by atoms with E-state index in [0.29, 0.717) is 0 Å². The number of hydrogen-bond acceptors (Lipinski definition) is 2. The van der Waals surface area contributed by atoms with Crippen LogP contribution in [0.1, 0.15) is 63.4 Å². The summed E-state index contributed by atoms with van der Waals surface area (Å²) >= 11 is 0. The van der Waals surface area contributed by atoms with Gasteiger partial charge in [0.1, 0.15) is 0 Å². The molecule has 0 N–H and O–H groups in total. The van der Waals surface area contributed by atoms with Crippen molar-refractivity contribution in [2.75, 3.05) is 0 Å². The molecule has 1 aromatic rings. The highest BCUT2D eigenvalue weighted by Gasteiger charge is 2.45. The van der Waals surface area contributed by atoms with Gasteiger partial charge in [0, 0.05) is 23.0 Å². The Morgan fingerprint density at radius 2 is 1.33 bits per heavy atom. The summed E-state index contributed by atoms with van der Waals surface area (Å²) < 4.78 is 0. The second-order valence-corrected chi connectivity index (χ2v) is 10.9. The molecular weight excluding hydrogens is 368 g/mol. The quantitative estimate of drug-likeness (QED) is 0.541. The van der Waals surface area contributed by atoms with Crippen LogP contribution in [0.4, 0.5) is 0 Å². The molecule has 0 radical (unpaired) electrons. The number of carbonyl (C=O) groups excluding carboxylic acids is 2. The highest BCUT2D eigenvalue weighted by atomic mass is 16.1. The van der Waals surface area contributed by atoms with Crippen molar-refractivity contribution >= 4 is 11.6 Å². The molecule has 3 aliphatic rings. The molecule has 0 aromatic heterocycles. The average Bonchev–Trinajstić information content (AvgIpc) is 2.67. The zero-order valence-electron chi connectivity index (χ0n) is 18.9. The number of rotatable bonds is 1. The third-order valence-electron chi connectivity index (χ3n) is 6.74. The summed E-state index contributed by atoms with van der Waals surface area (Å²) in [4.78, 5) is 26.6. The van der Waals surface area contributed by atoms with E-state index in [1.54, 1.807) is 0 Å². The Labute approximate surface area is 180 Å². The minimum atomic E-state index is -0.231. The van der Waals surface area contributed by atoms with E-state index in [2.05, 4.69) is 78.0 Å². The standard InChI is InChI=1S/C28H32O2/c1-27(2,3)23-15-21(17-11-7-9-13-19(17)25(23)29)22-16-24(28(4,5)6)26(30)20-14-10-8-12-18(20)22/h7-17,19,21-22H,1-6H3. The van der Waals surface area contributed by atoms with Crippen molar-refractivity contribution in [2.45, 2.75) is 47.5 Å². The molecule has 0 aliphatic heterocycles. The van der Waals surface area contributed by atoms with Crippen molar-refractivity contribution in [3.63, 3.8) is 0 Å². The van der Waals surface area contributed by atoms with Gasteiger partial charge in [0.15, 0.2) is 11.6 Å². The van der Waals surface area contributed by atoms with E-state index >= 15 is 0 Å². The highest BCUT2D eigenvalue weighted by molar-refractivity contribution is 6.12. The molecule has 0 fully saturated rings. The summed E-state index contributed by atoms with van der Waals surface area (Å²) in [6, 6.07) is 8.02. The minimum absolute atomic E-state index is 0.0715. The molecule has 0 saturated heterocycles. The van der Waals surface area contributed by atoms with Crippen molar-refractivity contribution in [2.24, 2.45) is 28.6 Å². The third kappa shape index (κ3) is 3.37. The molecule has 0 spiro atoms. The van der Waals surface area contributed by atoms with Crippen LogP contribution in [0.2, 0.25) is 0 Å². The number of benzene rings is 1. The molecule has 0 saturated carbocycles. The van der Waals surface area contributed by atoms with Gasteiger partial charge in [-0.2, -0.15) is 0 Å². The Balaban J connectivity index is 1.93. The second-order valence-electron chi connectivity index (χ2n) is 10.9. The van der Waals surface area contributed by atoms with Crippen molar-refractivity contribution in [3.05, 3.63) is 83.0 Å². The van der Waals surface area contributed by atoms with Gasteiger partial charge >= 0.3 is 0 Å². The zero-order chi connectivity index (χ0) is 21.8. The molecule has 4 atom stereocenters. The van der Waals surface area contributed by atoms with E-state index < -0.39 is 0 Å². The maximum atomic E-state index is 13.3. The van der Waals surface area contributed by atoms with Gasteiger partial charge in [-0.25, -0.2) is 0 Å². The first-order chi connectivity index (χ1) is 14.0. The number of carbonyl (C=O) groups is 2. The molecule has 156 valence electrons. The molecule has 0 amide bonds. The lowest BCUT2D eigenvalue weighted by Crippen LogP contribution is -2.40. The first-order valence-electron chi connectivity index (χ1n) is 11.0. The van der Waals surface area contributed by atoms with Gasteiger partial charge in [0.05, 0.1) is 0 Å². The normalized spacial score (nSPS) is 28.6. The first-order valence-corrected chi connectivity index (χ1v) is 11.0. The van der Waals surface area contributed by atoms with Crippen LogP contribution in [0.15, 0.2) is 71.9 Å². The van der Waals surface area contributed by atoms with Crippen molar-refractivity contribution in [1.29, 1.82) is 0 Å². The van der Waals surface area contributed by atoms with Crippen molar-refractivity contribution in [1.82, 2.24) is 0 Å². The monoisotopic (exact) mass is 400 g/mol. The highest BCUT2D eigenvalue weighted by Crippen LogP contribution is 2.50. The largest absolute Gasteiger partial charge is 0.294 e. The van der Waals surface area contributed by atoms with Gasteiger partial charge in [-0.05, 0) is 33.8 Å². The van der Waals surface area contributed by atoms with Gasteiger partial charge in [-0.15, -0.1) is 0 Å². The lowest BCUT2D eigenvalue weighted by atomic mass is 9.60. The van der Waals surface area contributed by atoms with Crippen LogP contribution in [0.3, 0.4) is 0 Å². The van der Waals surface area contributed by atoms with E-state index in [1.807, 2.05) is 24.3 Å². The molecule has 1 aromatic carbocycles. The fraction of sp³-hybridized carbons (Fsp3) is 0.429. The van der Waals surface area contributed by atoms with Crippen LogP contribution in [0, 0.1) is 28.6 Å². The summed E-state index contributed by atoms with van der Waals surface area (Å²) in [5.41, 5.74) is 3.24. The molecule has 4 unspecified atom stereocenters. The van der Waals surface area contributed by atoms with Crippen molar-refractivity contribution < 1.29 is 9.59 Å². The fourth-order valence-corrected chi connectivity index (χ4v) is 5.18. The Bertz CT molecular complexity index is 1020. The molecule has 30 heavy (non-hydrogen) atoms. The van der Waals surface area contributed by atoms with Crippen LogP contribution in [-0.4, -0.2) is 11.6 Å². The number of allylic oxidation sites excluding steroid dienone is 8. The van der Waals surface area contributed by atoms with E-state index in [0.717, 1.165) is 22.3 Å². The SMILES string of the molecule is CC(C)(C)C1=CC(C2C=C(C(C)(C)C)C(=O)C3C=CC=CC32)c2ccccc2C1=O. The van der Waals surface area contributed by atoms with E-state index in [4.69, 9.17) is 0 Å². The molecule has 2 nitrogen and oxygen atoms in total. The molecule has 4 rings (SSSR count). The van der Waals surface area contributed by atoms with Gasteiger partial charge in [0.25, 0.3) is 0 Å². The van der Waals surface area contributed by atoms with Gasteiger partial charge < -0.3 is 0 Å². The Morgan fingerprint density at radius 3 is 2.00 bits per heavy atom. The summed E-state index contributed by atoms with van der Waals surface area (Å²) in [5.74, 6) is 0.561. The summed E-state index contributed by atoms with van der Waals surface area (Å²) in [6.07, 6.45) is 12.7. The van der Waals surface area contributed by atoms with Crippen LogP contribution < -0.4 is 0 Å². The summed E-state index contributed by atoms with van der Waals surface area (Å²) in [7, 11) is 0. The lowest BCUT2D eigenvalue weighted by Gasteiger charge is -2.42. The number of ketones is 2. The van der Waals surface area contributed by atoms with Gasteiger partial charge in [-0.3, -0.25) is 9.59 Å². The average molecular weight is 401 g/mol. The number of hydrogen-bond donors (Lipinski definition) is 0. The zero-order valence-corrected chi connectivity index (χ0v) is 18.9. The first kappa shape index (κ1) is 20.8. The third-order valence-corrected chi connectivity index (χ3v) is 6.74. The van der Waals surface area contributed by atoms with Crippen LogP contribution in [0.25, 0.3) is 0 Å². The maximum Gasteiger partial charge on any atom is 0.189 e. The summed E-state index contributed by atoms with van der Waals surface area (Å²) in [5, 5.41) is 0. The van der Waals surface area contributed by atoms with Gasteiger partial charge in [0.2, 0.25) is 0 Å². The fourth-order valence-electron chi connectivity index (χ4n) is 5.18. The van der Waals surface area contributed by atoms with Gasteiger partial charge in [-0.1, -0.05) is 102 Å². The molecule has 3 aliphatic carbocycles. The van der Waals surface area contributed by atoms with Crippen LogP contribution in [-0.2, 0) is 4.79 Å². The maximum absolute atomic E-state index is 13.3. The molecular formula is C28H32O2. The predicted octanol–water partition coefficient (Wildman–Crippen LogP) is 6.47. The molecule has 0 heterocycles. The topological polar surface area (TPSA) is 34.1 Å². The number of Topliss-reactive ketones (excluding diaryl/α,β-unsaturated/α-hetero) is 2. The van der Waals surface area contributed by atoms with E-state index in [9.17, 15) is 9.59 Å². The summed E-state index contributed by atoms with van der Waals surface area (Å²) in [6.45, 7) is 12.7. The Kier molecular flexibility index (Phi) is 4.88. The predicted molar refractivity (Wildman–Crippen MR) is 122 cm³/mol. The van der Waals surface area contributed by atoms with Crippen LogP contribution >= 0.6 is 0 Å². The molecule has 0 bridgehead atoms.